The topological polar surface area (TPSA) is 9.23 Å². The van der Waals surface area contributed by atoms with Gasteiger partial charge in [-0.15, -0.1) is 0 Å². The maximum Gasteiger partial charge on any atom is 0.137 e. The molecule has 0 atom stereocenters. The molecule has 0 N–H and O–H groups in total. The second-order valence-electron chi connectivity index (χ2n) is 2.76. The van der Waals surface area contributed by atoms with Crippen LogP contribution < -0.4 is 4.74 Å². The van der Waals surface area contributed by atoms with E-state index in [0.29, 0.717) is 5.02 Å². The van der Waals surface area contributed by atoms with Gasteiger partial charge in [-0.25, -0.2) is 0 Å². The molecule has 0 amide bonds. The van der Waals surface area contributed by atoms with Gasteiger partial charge < -0.3 is 4.74 Å². The second-order valence-corrected chi connectivity index (χ2v) is 3.96. The predicted molar refractivity (Wildman–Crippen MR) is 60.1 cm³/mol. The van der Waals surface area contributed by atoms with Gasteiger partial charge in [0.25, 0.3) is 0 Å². The van der Waals surface area contributed by atoms with Gasteiger partial charge in [-0.1, -0.05) is 33.6 Å². The van der Waals surface area contributed by atoms with Crippen LogP contribution in [0.25, 0.3) is 0 Å². The average Bonchev–Trinajstić information content (AvgIpc) is 2.16. The van der Waals surface area contributed by atoms with E-state index in [1.54, 1.807) is 7.11 Å². The summed E-state index contributed by atoms with van der Waals surface area (Å²) in [6, 6.07) is 5.91. The number of hydrogen-bond donors (Lipinski definition) is 0. The van der Waals surface area contributed by atoms with E-state index < -0.39 is 0 Å². The van der Waals surface area contributed by atoms with Gasteiger partial charge in [-0.2, -0.15) is 0 Å². The lowest BCUT2D eigenvalue weighted by molar-refractivity contribution is 0.414. The first-order valence-corrected chi connectivity index (χ1v) is 5.66. The number of hydrogen-bond acceptors (Lipinski definition) is 1. The van der Waals surface area contributed by atoms with E-state index in [1.807, 2.05) is 18.2 Å². The van der Waals surface area contributed by atoms with Gasteiger partial charge in [0, 0.05) is 5.33 Å². The monoisotopic (exact) mass is 262 g/mol. The van der Waals surface area contributed by atoms with E-state index in [-0.39, 0.29) is 0 Å². The van der Waals surface area contributed by atoms with Crippen molar-refractivity contribution in [2.24, 2.45) is 0 Å². The minimum absolute atomic E-state index is 0.671. The summed E-state index contributed by atoms with van der Waals surface area (Å²) in [6.07, 6.45) is 2.18. The average molecular weight is 264 g/mol. The molecule has 0 aliphatic carbocycles. The van der Waals surface area contributed by atoms with Gasteiger partial charge in [0.15, 0.2) is 0 Å². The number of ether oxygens (including phenoxy) is 1. The maximum atomic E-state index is 5.90. The zero-order valence-corrected chi connectivity index (χ0v) is 9.86. The normalized spacial score (nSPS) is 10.1. The summed E-state index contributed by atoms with van der Waals surface area (Å²) in [5.74, 6) is 0.758. The Morgan fingerprint density at radius 1 is 1.46 bits per heavy atom. The quantitative estimate of drug-likeness (QED) is 0.753. The number of benzene rings is 1. The van der Waals surface area contributed by atoms with Crippen LogP contribution in [0.5, 0.6) is 5.75 Å². The molecule has 13 heavy (non-hydrogen) atoms. The molecule has 0 saturated heterocycles. The molecule has 0 unspecified atom stereocenters. The minimum Gasteiger partial charge on any atom is -0.495 e. The molecule has 3 heteroatoms. The van der Waals surface area contributed by atoms with Crippen LogP contribution in [0.4, 0.5) is 0 Å². The summed E-state index contributed by atoms with van der Waals surface area (Å²) >= 11 is 9.30. The fraction of sp³-hybridized carbons (Fsp3) is 0.400. The third kappa shape index (κ3) is 3.20. The van der Waals surface area contributed by atoms with Crippen LogP contribution >= 0.6 is 27.5 Å². The summed E-state index contributed by atoms with van der Waals surface area (Å²) in [5.41, 5.74) is 1.26. The van der Waals surface area contributed by atoms with E-state index in [4.69, 9.17) is 16.3 Å². The number of halogens is 2. The van der Waals surface area contributed by atoms with Crippen LogP contribution in [0.2, 0.25) is 5.02 Å². The number of alkyl halides is 1. The van der Waals surface area contributed by atoms with Crippen molar-refractivity contribution in [1.82, 2.24) is 0 Å². The first-order valence-electron chi connectivity index (χ1n) is 4.16. The molecule has 0 heterocycles. The lowest BCUT2D eigenvalue weighted by Crippen LogP contribution is -1.89. The van der Waals surface area contributed by atoms with Gasteiger partial charge in [0.2, 0.25) is 0 Å². The van der Waals surface area contributed by atoms with Gasteiger partial charge in [-0.05, 0) is 30.5 Å². The Labute approximate surface area is 92.2 Å². The van der Waals surface area contributed by atoms with E-state index in [1.165, 1.54) is 5.56 Å². The highest BCUT2D eigenvalue weighted by atomic mass is 79.9. The highest BCUT2D eigenvalue weighted by Gasteiger charge is 2.01. The predicted octanol–water partition coefficient (Wildman–Crippen LogP) is 3.68. The molecule has 0 aliphatic rings. The zero-order chi connectivity index (χ0) is 9.68. The van der Waals surface area contributed by atoms with Gasteiger partial charge in [0.05, 0.1) is 12.1 Å². The van der Waals surface area contributed by atoms with Crippen LogP contribution in [-0.2, 0) is 6.42 Å². The van der Waals surface area contributed by atoms with Crippen molar-refractivity contribution in [3.63, 3.8) is 0 Å². The summed E-state index contributed by atoms with van der Waals surface area (Å²) in [5, 5.41) is 1.70. The fourth-order valence-electron chi connectivity index (χ4n) is 1.13. The minimum atomic E-state index is 0.671. The molecule has 1 aromatic carbocycles. The molecule has 0 radical (unpaired) electrons. The Bertz CT molecular complexity index is 276. The van der Waals surface area contributed by atoms with E-state index in [2.05, 4.69) is 15.9 Å². The second kappa shape index (κ2) is 5.51. The third-order valence-electron chi connectivity index (χ3n) is 1.81. The Kier molecular flexibility index (Phi) is 4.60. The first kappa shape index (κ1) is 10.9. The molecular weight excluding hydrogens is 251 g/mol. The highest BCUT2D eigenvalue weighted by Crippen LogP contribution is 2.25. The van der Waals surface area contributed by atoms with Crippen molar-refractivity contribution in [2.45, 2.75) is 12.8 Å². The third-order valence-corrected chi connectivity index (χ3v) is 2.69. The molecule has 0 saturated carbocycles. The fourth-order valence-corrected chi connectivity index (χ4v) is 1.61. The lowest BCUT2D eigenvalue weighted by Gasteiger charge is -2.05. The summed E-state index contributed by atoms with van der Waals surface area (Å²) < 4.78 is 5.12. The molecule has 1 aromatic rings. The van der Waals surface area contributed by atoms with Crippen molar-refractivity contribution < 1.29 is 4.74 Å². The Morgan fingerprint density at radius 2 is 2.23 bits per heavy atom. The van der Waals surface area contributed by atoms with Gasteiger partial charge in [0.1, 0.15) is 5.75 Å². The summed E-state index contributed by atoms with van der Waals surface area (Å²) in [6.45, 7) is 0. The lowest BCUT2D eigenvalue weighted by atomic mass is 10.1. The molecule has 1 nitrogen and oxygen atoms in total. The van der Waals surface area contributed by atoms with E-state index in [9.17, 15) is 0 Å². The van der Waals surface area contributed by atoms with Crippen molar-refractivity contribution in [1.29, 1.82) is 0 Å². The van der Waals surface area contributed by atoms with Crippen LogP contribution in [-0.4, -0.2) is 12.4 Å². The van der Waals surface area contributed by atoms with E-state index in [0.717, 1.165) is 23.9 Å². The van der Waals surface area contributed by atoms with Gasteiger partial charge >= 0.3 is 0 Å². The SMILES string of the molecule is COc1cc(CCCBr)ccc1Cl. The number of aryl methyl sites for hydroxylation is 1. The molecule has 0 spiro atoms. The van der Waals surface area contributed by atoms with E-state index >= 15 is 0 Å². The highest BCUT2D eigenvalue weighted by molar-refractivity contribution is 9.09. The van der Waals surface area contributed by atoms with Crippen molar-refractivity contribution in [2.75, 3.05) is 12.4 Å². The Hall–Kier alpha value is -0.210. The van der Waals surface area contributed by atoms with Crippen molar-refractivity contribution in [3.8, 4) is 5.75 Å². The molecule has 0 aromatic heterocycles. The van der Waals surface area contributed by atoms with Crippen LogP contribution in [0.1, 0.15) is 12.0 Å². The molecule has 1 rings (SSSR count). The smallest absolute Gasteiger partial charge is 0.137 e. The van der Waals surface area contributed by atoms with Gasteiger partial charge in [-0.3, -0.25) is 0 Å². The standard InChI is InChI=1S/C10H12BrClO/c1-13-10-7-8(3-2-6-11)4-5-9(10)12/h4-5,7H,2-3,6H2,1H3. The first-order chi connectivity index (χ1) is 6.27. The Balaban J connectivity index is 2.74. The molecular formula is C10H12BrClO. The van der Waals surface area contributed by atoms with Crippen LogP contribution in [0.3, 0.4) is 0 Å². The van der Waals surface area contributed by atoms with Crippen molar-refractivity contribution in [3.05, 3.63) is 28.8 Å². The van der Waals surface area contributed by atoms with Crippen molar-refractivity contribution >= 4 is 27.5 Å². The zero-order valence-electron chi connectivity index (χ0n) is 7.52. The summed E-state index contributed by atoms with van der Waals surface area (Å²) in [4.78, 5) is 0. The molecule has 0 aliphatic heterocycles. The maximum absolute atomic E-state index is 5.90. The van der Waals surface area contributed by atoms with Crippen LogP contribution in [0.15, 0.2) is 18.2 Å². The molecule has 0 bridgehead atoms. The Morgan fingerprint density at radius 3 is 2.85 bits per heavy atom. The molecule has 72 valence electrons. The largest absolute Gasteiger partial charge is 0.495 e. The number of methoxy groups -OCH3 is 1. The summed E-state index contributed by atoms with van der Waals surface area (Å²) in [7, 11) is 1.63. The number of rotatable bonds is 4. The molecule has 0 fully saturated rings. The van der Waals surface area contributed by atoms with Crippen LogP contribution in [0, 0.1) is 0 Å².